The van der Waals surface area contributed by atoms with E-state index in [9.17, 15) is 4.79 Å². The minimum absolute atomic E-state index is 0.0104. The summed E-state index contributed by atoms with van der Waals surface area (Å²) in [5, 5.41) is 7.22. The lowest BCUT2D eigenvalue weighted by Crippen LogP contribution is -2.39. The number of benzene rings is 1. The molecular weight excluding hydrogens is 314 g/mol. The molecule has 0 saturated carbocycles. The van der Waals surface area contributed by atoms with Gasteiger partial charge in [-0.15, -0.1) is 0 Å². The zero-order chi connectivity index (χ0) is 17.2. The number of piperidine rings is 1. The van der Waals surface area contributed by atoms with Crippen LogP contribution in [0.5, 0.6) is 0 Å². The van der Waals surface area contributed by atoms with E-state index in [1.54, 1.807) is 0 Å². The molecule has 1 amide bonds. The van der Waals surface area contributed by atoms with Gasteiger partial charge in [0, 0.05) is 12.2 Å². The van der Waals surface area contributed by atoms with Crippen LogP contribution in [0.2, 0.25) is 0 Å². The molecule has 3 aromatic rings. The molecule has 0 bridgehead atoms. The number of rotatable bonds is 4. The number of hydrogen-bond acceptors (Lipinski definition) is 3. The predicted molar refractivity (Wildman–Crippen MR) is 96.3 cm³/mol. The Morgan fingerprint density at radius 3 is 3.04 bits per heavy atom. The molecular formula is C19H23N5O. The van der Waals surface area contributed by atoms with Crippen molar-refractivity contribution in [1.82, 2.24) is 25.1 Å². The van der Waals surface area contributed by atoms with Crippen molar-refractivity contribution in [3.63, 3.8) is 0 Å². The van der Waals surface area contributed by atoms with Crippen molar-refractivity contribution >= 4 is 16.9 Å². The summed E-state index contributed by atoms with van der Waals surface area (Å²) in [6, 6.07) is 9.86. The van der Waals surface area contributed by atoms with Crippen LogP contribution in [0.3, 0.4) is 0 Å². The molecule has 1 fully saturated rings. The molecule has 0 radical (unpaired) electrons. The Labute approximate surface area is 146 Å². The standard InChI is InChI=1S/C19H23N5O/c1-2-7-13-12-16(23-22-13)19(25)24-11-6-5-10-17(24)18-20-14-8-3-4-9-15(14)21-18/h3-4,8-9,12,17H,2,5-7,10-11H2,1H3,(H,20,21)(H,22,23). The molecule has 2 aromatic heterocycles. The number of amides is 1. The Kier molecular flexibility index (Phi) is 4.26. The lowest BCUT2D eigenvalue weighted by Gasteiger charge is -2.34. The maximum absolute atomic E-state index is 13.0. The largest absolute Gasteiger partial charge is 0.340 e. The van der Waals surface area contributed by atoms with E-state index in [1.165, 1.54) is 0 Å². The highest BCUT2D eigenvalue weighted by molar-refractivity contribution is 5.92. The van der Waals surface area contributed by atoms with Gasteiger partial charge in [0.15, 0.2) is 0 Å². The van der Waals surface area contributed by atoms with Gasteiger partial charge in [0.1, 0.15) is 11.5 Å². The van der Waals surface area contributed by atoms with E-state index in [0.717, 1.165) is 61.2 Å². The molecule has 130 valence electrons. The summed E-state index contributed by atoms with van der Waals surface area (Å²) in [7, 11) is 0. The Morgan fingerprint density at radius 1 is 1.32 bits per heavy atom. The van der Waals surface area contributed by atoms with Gasteiger partial charge < -0.3 is 9.88 Å². The minimum Gasteiger partial charge on any atom is -0.340 e. The first kappa shape index (κ1) is 15.9. The number of imidazole rings is 1. The van der Waals surface area contributed by atoms with E-state index in [2.05, 4.69) is 22.1 Å². The second-order valence-corrected chi connectivity index (χ2v) is 6.68. The maximum atomic E-state index is 13.0. The number of nitrogens with one attached hydrogen (secondary N) is 2. The summed E-state index contributed by atoms with van der Waals surface area (Å²) in [4.78, 5) is 23.1. The lowest BCUT2D eigenvalue weighted by atomic mass is 10.0. The van der Waals surface area contributed by atoms with Crippen LogP contribution in [0.25, 0.3) is 11.0 Å². The second kappa shape index (κ2) is 6.70. The van der Waals surface area contributed by atoms with Crippen LogP contribution in [0, 0.1) is 0 Å². The smallest absolute Gasteiger partial charge is 0.274 e. The molecule has 0 aliphatic carbocycles. The molecule has 1 atom stereocenters. The van der Waals surface area contributed by atoms with Crippen molar-refractivity contribution in [2.45, 2.75) is 45.1 Å². The van der Waals surface area contributed by atoms with E-state index in [-0.39, 0.29) is 11.9 Å². The summed E-state index contributed by atoms with van der Waals surface area (Å²) in [6.07, 6.45) is 4.99. The Balaban J connectivity index is 1.62. The quantitative estimate of drug-likeness (QED) is 0.763. The third-order valence-corrected chi connectivity index (χ3v) is 4.86. The summed E-state index contributed by atoms with van der Waals surface area (Å²) in [6.45, 7) is 2.86. The number of fused-ring (bicyclic) bond motifs is 1. The van der Waals surface area contributed by atoms with Crippen molar-refractivity contribution < 1.29 is 4.79 Å². The van der Waals surface area contributed by atoms with Gasteiger partial charge in [-0.05, 0) is 43.9 Å². The first-order valence-corrected chi connectivity index (χ1v) is 9.06. The fraction of sp³-hybridized carbons (Fsp3) is 0.421. The monoisotopic (exact) mass is 337 g/mol. The molecule has 6 nitrogen and oxygen atoms in total. The van der Waals surface area contributed by atoms with Crippen molar-refractivity contribution in [3.8, 4) is 0 Å². The zero-order valence-electron chi connectivity index (χ0n) is 14.5. The highest BCUT2D eigenvalue weighted by Gasteiger charge is 2.31. The Bertz CT molecular complexity index is 848. The second-order valence-electron chi connectivity index (χ2n) is 6.68. The van der Waals surface area contributed by atoms with Gasteiger partial charge >= 0.3 is 0 Å². The highest BCUT2D eigenvalue weighted by Crippen LogP contribution is 2.31. The van der Waals surface area contributed by atoms with E-state index >= 15 is 0 Å². The zero-order valence-corrected chi connectivity index (χ0v) is 14.5. The minimum atomic E-state index is -0.0139. The van der Waals surface area contributed by atoms with Crippen LogP contribution < -0.4 is 0 Å². The van der Waals surface area contributed by atoms with Gasteiger partial charge in [-0.3, -0.25) is 9.89 Å². The van der Waals surface area contributed by atoms with Crippen molar-refractivity contribution in [1.29, 1.82) is 0 Å². The first-order chi connectivity index (χ1) is 12.3. The van der Waals surface area contributed by atoms with E-state index < -0.39 is 0 Å². The van der Waals surface area contributed by atoms with Gasteiger partial charge in [0.25, 0.3) is 5.91 Å². The van der Waals surface area contributed by atoms with Crippen molar-refractivity contribution in [2.24, 2.45) is 0 Å². The number of carbonyl (C=O) groups excluding carboxylic acids is 1. The van der Waals surface area contributed by atoms with Gasteiger partial charge in [-0.1, -0.05) is 25.5 Å². The molecule has 2 N–H and O–H groups in total. The average molecular weight is 337 g/mol. The van der Waals surface area contributed by atoms with E-state index in [1.807, 2.05) is 35.2 Å². The molecule has 0 spiro atoms. The molecule has 1 unspecified atom stereocenters. The number of H-pyrrole nitrogens is 2. The average Bonchev–Trinajstić information content (AvgIpc) is 3.28. The molecule has 25 heavy (non-hydrogen) atoms. The number of aromatic nitrogens is 4. The maximum Gasteiger partial charge on any atom is 0.274 e. The third-order valence-electron chi connectivity index (χ3n) is 4.86. The van der Waals surface area contributed by atoms with Crippen LogP contribution in [0.15, 0.2) is 30.3 Å². The van der Waals surface area contributed by atoms with Gasteiger partial charge in [-0.2, -0.15) is 5.10 Å². The number of aromatic amines is 2. The molecule has 1 saturated heterocycles. The van der Waals surface area contributed by atoms with Crippen molar-refractivity contribution in [3.05, 3.63) is 47.5 Å². The Hall–Kier alpha value is -2.63. The first-order valence-electron chi connectivity index (χ1n) is 9.06. The topological polar surface area (TPSA) is 77.7 Å². The molecule has 1 aliphatic rings. The number of para-hydroxylation sites is 2. The number of hydrogen-bond donors (Lipinski definition) is 2. The van der Waals surface area contributed by atoms with E-state index in [0.29, 0.717) is 5.69 Å². The summed E-state index contributed by atoms with van der Waals surface area (Å²) < 4.78 is 0. The molecule has 6 heteroatoms. The van der Waals surface area contributed by atoms with Crippen molar-refractivity contribution in [2.75, 3.05) is 6.54 Å². The summed E-state index contributed by atoms with van der Waals surface area (Å²) in [5.74, 6) is 0.863. The molecule has 1 aliphatic heterocycles. The highest BCUT2D eigenvalue weighted by atomic mass is 16.2. The van der Waals surface area contributed by atoms with Crippen LogP contribution in [-0.4, -0.2) is 37.5 Å². The SMILES string of the molecule is CCCc1cc(C(=O)N2CCCCC2c2nc3ccccc3[nH]2)n[nH]1. The number of likely N-dealkylation sites (tertiary alicyclic amines) is 1. The van der Waals surface area contributed by atoms with Gasteiger partial charge in [-0.25, -0.2) is 4.98 Å². The third kappa shape index (κ3) is 3.04. The molecule has 3 heterocycles. The summed E-state index contributed by atoms with van der Waals surface area (Å²) >= 11 is 0. The number of aryl methyl sites for hydroxylation is 1. The normalized spacial score (nSPS) is 18.0. The summed E-state index contributed by atoms with van der Waals surface area (Å²) in [5.41, 5.74) is 3.48. The van der Waals surface area contributed by atoms with Gasteiger partial charge in [0.2, 0.25) is 0 Å². The fourth-order valence-corrected chi connectivity index (χ4v) is 3.60. The lowest BCUT2D eigenvalue weighted by molar-refractivity contribution is 0.0595. The van der Waals surface area contributed by atoms with Crippen LogP contribution in [-0.2, 0) is 6.42 Å². The van der Waals surface area contributed by atoms with Crippen LogP contribution >= 0.6 is 0 Å². The number of carbonyl (C=O) groups is 1. The molecule has 4 rings (SSSR count). The predicted octanol–water partition coefficient (Wildman–Crippen LogP) is 3.61. The fourth-order valence-electron chi connectivity index (χ4n) is 3.60. The van der Waals surface area contributed by atoms with E-state index in [4.69, 9.17) is 4.98 Å². The molecule has 1 aromatic carbocycles. The Morgan fingerprint density at radius 2 is 2.20 bits per heavy atom. The van der Waals surface area contributed by atoms with Crippen LogP contribution in [0.4, 0.5) is 0 Å². The van der Waals surface area contributed by atoms with Gasteiger partial charge in [0.05, 0.1) is 17.1 Å². The van der Waals surface area contributed by atoms with Crippen LogP contribution in [0.1, 0.15) is 60.7 Å². The number of nitrogens with zero attached hydrogens (tertiary/aromatic N) is 3.